The van der Waals surface area contributed by atoms with Crippen LogP contribution in [0.1, 0.15) is 44.5 Å². The lowest BCUT2D eigenvalue weighted by Crippen LogP contribution is -2.09. The maximum atomic E-state index is 2.50. The third-order valence-corrected chi connectivity index (χ3v) is 17.6. The number of aryl methyl sites for hydroxylation is 8. The molecule has 0 spiro atoms. The van der Waals surface area contributed by atoms with E-state index in [-0.39, 0.29) is 0 Å². The van der Waals surface area contributed by atoms with Gasteiger partial charge in [-0.2, -0.15) is 0 Å². The highest BCUT2D eigenvalue weighted by atomic mass is 32.1. The molecular weight excluding hydrogens is 877 g/mol. The molecule has 2 nitrogen and oxygen atoms in total. The van der Waals surface area contributed by atoms with Gasteiger partial charge < -0.3 is 0 Å². The van der Waals surface area contributed by atoms with Crippen LogP contribution in [0.4, 0.5) is 31.4 Å². The summed E-state index contributed by atoms with van der Waals surface area (Å²) in [6.07, 6.45) is 0. The lowest BCUT2D eigenvalue weighted by atomic mass is 10.0. The first kappa shape index (κ1) is 43.6. The van der Waals surface area contributed by atoms with Crippen LogP contribution in [0.2, 0.25) is 0 Å². The molecule has 10 aromatic rings. The third kappa shape index (κ3) is 8.28. The van der Waals surface area contributed by atoms with Crippen LogP contribution in [-0.2, 0) is 0 Å². The van der Waals surface area contributed by atoms with Crippen LogP contribution in [0.5, 0.6) is 0 Å². The van der Waals surface area contributed by atoms with Crippen molar-refractivity contribution >= 4 is 76.7 Å². The van der Waals surface area contributed by atoms with Gasteiger partial charge in [-0.25, -0.2) is 0 Å². The van der Waals surface area contributed by atoms with Crippen LogP contribution < -0.4 is 9.80 Å². The number of hydrogen-bond acceptors (Lipinski definition) is 6. The van der Waals surface area contributed by atoms with Gasteiger partial charge in [-0.15, -0.1) is 45.3 Å². The number of benzene rings is 6. The zero-order chi connectivity index (χ0) is 45.6. The zero-order valence-electron chi connectivity index (χ0n) is 38.7. The lowest BCUT2D eigenvalue weighted by molar-refractivity contribution is 1.29. The van der Waals surface area contributed by atoms with Crippen molar-refractivity contribution in [3.63, 3.8) is 0 Å². The normalized spacial score (nSPS) is 11.3. The van der Waals surface area contributed by atoms with Crippen LogP contribution in [0, 0.1) is 55.4 Å². The Kier molecular flexibility index (Phi) is 12.0. The smallest absolute Gasteiger partial charge is 0.104 e. The van der Waals surface area contributed by atoms with Gasteiger partial charge >= 0.3 is 0 Å². The minimum atomic E-state index is 1.15. The number of hydrogen-bond donors (Lipinski definition) is 0. The molecule has 0 atom stereocenters. The fraction of sp³-hybridized carbons (Fsp3) is 0.133. The minimum Gasteiger partial charge on any atom is -0.293 e. The summed E-state index contributed by atoms with van der Waals surface area (Å²) < 4.78 is 0. The van der Waals surface area contributed by atoms with Crippen LogP contribution in [0.25, 0.3) is 52.9 Å². The van der Waals surface area contributed by atoms with E-state index < -0.39 is 0 Å². The maximum Gasteiger partial charge on any atom is 0.104 e. The second-order valence-corrected chi connectivity index (χ2v) is 21.5. The van der Waals surface area contributed by atoms with Gasteiger partial charge in [-0.05, 0) is 182 Å². The fourth-order valence-electron chi connectivity index (χ4n) is 8.97. The van der Waals surface area contributed by atoms with Crippen LogP contribution in [0.3, 0.4) is 0 Å². The van der Waals surface area contributed by atoms with Crippen molar-refractivity contribution in [1.82, 2.24) is 0 Å². The molecule has 4 aromatic heterocycles. The Bertz CT molecular complexity index is 2950. The molecule has 0 amide bonds. The fourth-order valence-corrected chi connectivity index (χ4v) is 14.2. The highest BCUT2D eigenvalue weighted by Crippen LogP contribution is 2.52. The van der Waals surface area contributed by atoms with Gasteiger partial charge in [-0.3, -0.25) is 9.80 Å². The van der Waals surface area contributed by atoms with Gasteiger partial charge in [0.25, 0.3) is 0 Å². The average molecular weight is 929 g/mol. The highest BCUT2D eigenvalue weighted by Gasteiger charge is 2.25. The molecule has 66 heavy (non-hydrogen) atoms. The molecule has 0 bridgehead atoms. The van der Waals surface area contributed by atoms with Gasteiger partial charge in [0.1, 0.15) is 20.0 Å². The van der Waals surface area contributed by atoms with Crippen molar-refractivity contribution in [3.05, 3.63) is 214 Å². The van der Waals surface area contributed by atoms with Crippen molar-refractivity contribution in [1.29, 1.82) is 0 Å². The Labute approximate surface area is 406 Å². The summed E-state index contributed by atoms with van der Waals surface area (Å²) in [6.45, 7) is 17.9. The van der Waals surface area contributed by atoms with Gasteiger partial charge in [0, 0.05) is 30.9 Å². The molecule has 4 heterocycles. The van der Waals surface area contributed by atoms with Crippen LogP contribution in [-0.4, -0.2) is 0 Å². The summed E-state index contributed by atoms with van der Waals surface area (Å²) in [4.78, 5) is 10.2. The Morgan fingerprint density at radius 2 is 0.485 bits per heavy atom. The van der Waals surface area contributed by atoms with Crippen molar-refractivity contribution in [2.24, 2.45) is 0 Å². The van der Waals surface area contributed by atoms with Crippen LogP contribution >= 0.6 is 45.3 Å². The van der Waals surface area contributed by atoms with Gasteiger partial charge in [0.15, 0.2) is 0 Å². The number of rotatable bonds is 11. The number of nitrogens with zero attached hydrogens (tertiary/aromatic N) is 2. The molecule has 0 radical (unpaired) electrons. The summed E-state index contributed by atoms with van der Waals surface area (Å²) in [5, 5.41) is 4.98. The standard InChI is InChI=1S/C60H52N2S4/c1-37-17-9-13-21-49(37)53-33-41(5)57(63-53)61(58-42(6)34-54(64-58)50-22-14-10-18-38(50)2)47-29-25-45(26-30-47)46-27-31-48(32-28-46)62(59-43(7)35-55(65-59)51-23-15-11-19-39(51)3)60-44(8)36-56(66-60)52-24-16-12-20-40(52)4/h9-36H,1-8H3. The van der Waals surface area contributed by atoms with E-state index in [4.69, 9.17) is 0 Å². The molecule has 0 aliphatic heterocycles. The number of anilines is 6. The molecule has 0 unspecified atom stereocenters. The first-order valence-corrected chi connectivity index (χ1v) is 25.8. The Morgan fingerprint density at radius 1 is 0.258 bits per heavy atom. The molecule has 326 valence electrons. The van der Waals surface area contributed by atoms with E-state index in [1.54, 1.807) is 0 Å². The average Bonchev–Trinajstić information content (AvgIpc) is 4.11. The highest BCUT2D eigenvalue weighted by molar-refractivity contribution is 7.22. The van der Waals surface area contributed by atoms with Crippen LogP contribution in [0.15, 0.2) is 170 Å². The molecule has 6 heteroatoms. The zero-order valence-corrected chi connectivity index (χ0v) is 42.0. The van der Waals surface area contributed by atoms with E-state index in [2.05, 4.69) is 235 Å². The predicted molar refractivity (Wildman–Crippen MR) is 292 cm³/mol. The van der Waals surface area contributed by atoms with Gasteiger partial charge in [-0.1, -0.05) is 121 Å². The molecule has 0 aliphatic carbocycles. The first-order chi connectivity index (χ1) is 32.0. The lowest BCUT2D eigenvalue weighted by Gasteiger charge is -2.25. The van der Waals surface area contributed by atoms with Crippen molar-refractivity contribution in [3.8, 4) is 52.9 Å². The molecule has 6 aromatic carbocycles. The molecule has 0 saturated heterocycles. The van der Waals surface area contributed by atoms with Crippen molar-refractivity contribution < 1.29 is 0 Å². The van der Waals surface area contributed by atoms with Gasteiger partial charge in [0.2, 0.25) is 0 Å². The topological polar surface area (TPSA) is 6.48 Å². The quantitative estimate of drug-likeness (QED) is 0.128. The molecule has 0 aliphatic rings. The minimum absolute atomic E-state index is 1.15. The van der Waals surface area contributed by atoms with E-state index in [9.17, 15) is 0 Å². The summed E-state index contributed by atoms with van der Waals surface area (Å²) in [5.74, 6) is 0. The molecular formula is C60H52N2S4. The number of thiophene rings is 4. The Balaban J connectivity index is 1.03. The Morgan fingerprint density at radius 3 is 0.712 bits per heavy atom. The second-order valence-electron chi connectivity index (χ2n) is 17.4. The largest absolute Gasteiger partial charge is 0.293 e. The summed E-state index contributed by atoms with van der Waals surface area (Å²) in [6, 6.07) is 62.7. The van der Waals surface area contributed by atoms with E-state index in [0.717, 1.165) is 11.4 Å². The molecule has 0 fully saturated rings. The molecule has 10 rings (SSSR count). The second kappa shape index (κ2) is 18.2. The summed E-state index contributed by atoms with van der Waals surface area (Å²) in [5.41, 5.74) is 20.1. The first-order valence-electron chi connectivity index (χ1n) is 22.5. The Hall–Kier alpha value is -6.28. The van der Waals surface area contributed by atoms with E-state index in [1.807, 2.05) is 45.3 Å². The molecule has 0 saturated carbocycles. The summed E-state index contributed by atoms with van der Waals surface area (Å²) in [7, 11) is 0. The monoisotopic (exact) mass is 928 g/mol. The van der Waals surface area contributed by atoms with Gasteiger partial charge in [0.05, 0.1) is 0 Å². The molecule has 0 N–H and O–H groups in total. The SMILES string of the molecule is Cc1ccccc1-c1cc(C)c(N(c2ccc(-c3ccc(N(c4sc(-c5ccccc5C)cc4C)c4sc(-c5ccccc5C)cc4C)cc3)cc2)c2sc(-c3ccccc3C)cc2C)s1. The third-order valence-electron chi connectivity index (χ3n) is 12.6. The van der Waals surface area contributed by atoms with E-state index in [1.165, 1.54) is 117 Å². The summed E-state index contributed by atoms with van der Waals surface area (Å²) >= 11 is 7.50. The van der Waals surface area contributed by atoms with Crippen molar-refractivity contribution in [2.75, 3.05) is 9.80 Å². The van der Waals surface area contributed by atoms with Crippen molar-refractivity contribution in [2.45, 2.75) is 55.4 Å². The predicted octanol–water partition coefficient (Wildman–Crippen LogP) is 19.7. The van der Waals surface area contributed by atoms with E-state index >= 15 is 0 Å². The maximum absolute atomic E-state index is 2.50. The van der Waals surface area contributed by atoms with E-state index in [0.29, 0.717) is 0 Å².